The van der Waals surface area contributed by atoms with Crippen LogP contribution >= 0.6 is 56.7 Å². The first-order valence-electron chi connectivity index (χ1n) is 6.23. The van der Waals surface area contributed by atoms with Crippen molar-refractivity contribution in [3.05, 3.63) is 45.4 Å². The first-order valence-corrected chi connectivity index (χ1v) is 7.81. The normalized spacial score (nSPS) is 16.7. The summed E-state index contributed by atoms with van der Waals surface area (Å²) in [6.45, 7) is 8.25. The average molecular weight is 447 g/mol. The van der Waals surface area contributed by atoms with Crippen molar-refractivity contribution in [2.24, 2.45) is 0 Å². The number of hydrogen-bond acceptors (Lipinski definition) is 2. The Bertz CT molecular complexity index is 424. The number of halogens is 4. The van der Waals surface area contributed by atoms with E-state index in [1.807, 2.05) is 6.08 Å². The molecule has 1 aliphatic rings. The van der Waals surface area contributed by atoms with Crippen molar-refractivity contribution in [2.45, 2.75) is 12.5 Å². The van der Waals surface area contributed by atoms with Gasteiger partial charge in [0.1, 0.15) is 0 Å². The van der Waals surface area contributed by atoms with Crippen LogP contribution in [0.15, 0.2) is 39.8 Å². The lowest BCUT2D eigenvalue weighted by molar-refractivity contribution is 0.174. The Hall–Kier alpha value is 0.420. The lowest BCUT2D eigenvalue weighted by atomic mass is 10.0. The highest BCUT2D eigenvalue weighted by Crippen LogP contribution is 2.31. The maximum absolute atomic E-state index is 3.90. The van der Waals surface area contributed by atoms with E-state index in [9.17, 15) is 0 Å². The smallest absolute Gasteiger partial charge is 0.0383 e. The lowest BCUT2D eigenvalue weighted by Gasteiger charge is -2.35. The average Bonchev–Trinajstić information content (AvgIpc) is 2.40. The molecule has 0 aliphatic carbocycles. The van der Waals surface area contributed by atoms with Gasteiger partial charge in [-0.3, -0.25) is 4.90 Å². The number of piperazine rings is 1. The van der Waals surface area contributed by atoms with Crippen LogP contribution in [0.5, 0.6) is 0 Å². The SMILES string of the molecule is C=CC[C@H](c1ccc(Br)c(Br)c1)N1CCNCC1.Cl.Cl. The van der Waals surface area contributed by atoms with E-state index >= 15 is 0 Å². The van der Waals surface area contributed by atoms with Gasteiger partial charge >= 0.3 is 0 Å². The summed E-state index contributed by atoms with van der Waals surface area (Å²) < 4.78 is 2.22. The molecule has 0 aromatic heterocycles. The van der Waals surface area contributed by atoms with Crippen LogP contribution in [0, 0.1) is 0 Å². The Morgan fingerprint density at radius 3 is 2.40 bits per heavy atom. The maximum Gasteiger partial charge on any atom is 0.0383 e. The molecule has 0 radical (unpaired) electrons. The molecule has 114 valence electrons. The number of hydrogen-bond donors (Lipinski definition) is 1. The molecular formula is C14H20Br2Cl2N2. The van der Waals surface area contributed by atoms with Gasteiger partial charge in [-0.25, -0.2) is 0 Å². The van der Waals surface area contributed by atoms with Crippen molar-refractivity contribution in [1.29, 1.82) is 0 Å². The van der Waals surface area contributed by atoms with Crippen LogP contribution in [-0.2, 0) is 0 Å². The molecule has 0 bridgehead atoms. The van der Waals surface area contributed by atoms with Gasteiger partial charge in [0.25, 0.3) is 0 Å². The predicted molar refractivity (Wildman–Crippen MR) is 98.3 cm³/mol. The first kappa shape index (κ1) is 20.4. The molecule has 0 spiro atoms. The molecule has 1 fully saturated rings. The van der Waals surface area contributed by atoms with Crippen LogP contribution in [-0.4, -0.2) is 31.1 Å². The summed E-state index contributed by atoms with van der Waals surface area (Å²) in [5.41, 5.74) is 1.35. The van der Waals surface area contributed by atoms with Gasteiger partial charge in [0.2, 0.25) is 0 Å². The predicted octanol–water partition coefficient (Wildman–Crippen LogP) is 4.58. The summed E-state index contributed by atoms with van der Waals surface area (Å²) in [6.07, 6.45) is 3.01. The van der Waals surface area contributed by atoms with Gasteiger partial charge in [-0.15, -0.1) is 31.4 Å². The molecule has 20 heavy (non-hydrogen) atoms. The molecule has 0 amide bonds. The molecule has 2 rings (SSSR count). The molecule has 1 N–H and O–H groups in total. The van der Waals surface area contributed by atoms with Crippen LogP contribution in [0.25, 0.3) is 0 Å². The second-order valence-corrected chi connectivity index (χ2v) is 6.21. The molecule has 2 nitrogen and oxygen atoms in total. The zero-order valence-corrected chi connectivity index (χ0v) is 16.0. The lowest BCUT2D eigenvalue weighted by Crippen LogP contribution is -2.45. The van der Waals surface area contributed by atoms with E-state index in [0.717, 1.165) is 41.5 Å². The monoisotopic (exact) mass is 444 g/mol. The molecule has 1 aromatic carbocycles. The molecule has 1 heterocycles. The Kier molecular flexibility index (Phi) is 10.4. The van der Waals surface area contributed by atoms with E-state index in [0.29, 0.717) is 6.04 Å². The third kappa shape index (κ3) is 5.32. The fourth-order valence-corrected chi connectivity index (χ4v) is 3.01. The standard InChI is InChI=1S/C14H18Br2N2.2ClH/c1-2-3-14(18-8-6-17-7-9-18)11-4-5-12(15)13(16)10-11;;/h2,4-5,10,14,17H,1,3,6-9H2;2*1H/t14-;;/m1../s1. The summed E-state index contributed by atoms with van der Waals surface area (Å²) in [5, 5.41) is 3.40. The van der Waals surface area contributed by atoms with Gasteiger partial charge in [0.15, 0.2) is 0 Å². The Balaban J connectivity index is 0.00000180. The topological polar surface area (TPSA) is 15.3 Å². The second kappa shape index (κ2) is 10.2. The molecule has 1 aromatic rings. The van der Waals surface area contributed by atoms with Gasteiger partial charge in [0, 0.05) is 41.2 Å². The summed E-state index contributed by atoms with van der Waals surface area (Å²) in [5.74, 6) is 0. The number of nitrogens with one attached hydrogen (secondary N) is 1. The number of benzene rings is 1. The largest absolute Gasteiger partial charge is 0.314 e. The van der Waals surface area contributed by atoms with Gasteiger partial charge < -0.3 is 5.32 Å². The van der Waals surface area contributed by atoms with Gasteiger partial charge in [-0.1, -0.05) is 12.1 Å². The second-order valence-electron chi connectivity index (χ2n) is 4.50. The molecule has 1 saturated heterocycles. The Morgan fingerprint density at radius 2 is 1.85 bits per heavy atom. The fraction of sp³-hybridized carbons (Fsp3) is 0.429. The number of rotatable bonds is 4. The van der Waals surface area contributed by atoms with E-state index in [1.165, 1.54) is 5.56 Å². The highest BCUT2D eigenvalue weighted by Gasteiger charge is 2.21. The molecular weight excluding hydrogens is 427 g/mol. The van der Waals surface area contributed by atoms with E-state index in [-0.39, 0.29) is 24.8 Å². The van der Waals surface area contributed by atoms with Crippen LogP contribution in [0.2, 0.25) is 0 Å². The van der Waals surface area contributed by atoms with Crippen molar-refractivity contribution in [1.82, 2.24) is 10.2 Å². The zero-order valence-electron chi connectivity index (χ0n) is 11.1. The van der Waals surface area contributed by atoms with Crippen molar-refractivity contribution in [3.63, 3.8) is 0 Å². The van der Waals surface area contributed by atoms with E-state index < -0.39 is 0 Å². The minimum Gasteiger partial charge on any atom is -0.314 e. The molecule has 0 unspecified atom stereocenters. The third-order valence-electron chi connectivity index (χ3n) is 3.31. The van der Waals surface area contributed by atoms with Crippen molar-refractivity contribution >= 4 is 56.7 Å². The summed E-state index contributed by atoms with van der Waals surface area (Å²) in [7, 11) is 0. The van der Waals surface area contributed by atoms with E-state index in [2.05, 4.69) is 66.9 Å². The Morgan fingerprint density at radius 1 is 1.20 bits per heavy atom. The van der Waals surface area contributed by atoms with Crippen LogP contribution in [0.1, 0.15) is 18.0 Å². The summed E-state index contributed by atoms with van der Waals surface area (Å²) in [4.78, 5) is 2.54. The molecule has 1 aliphatic heterocycles. The highest BCUT2D eigenvalue weighted by molar-refractivity contribution is 9.13. The molecule has 6 heteroatoms. The van der Waals surface area contributed by atoms with Crippen LogP contribution < -0.4 is 5.32 Å². The van der Waals surface area contributed by atoms with E-state index in [4.69, 9.17) is 0 Å². The highest BCUT2D eigenvalue weighted by atomic mass is 79.9. The molecule has 1 atom stereocenters. The van der Waals surface area contributed by atoms with Gasteiger partial charge in [-0.05, 0) is 56.0 Å². The van der Waals surface area contributed by atoms with Gasteiger partial charge in [-0.2, -0.15) is 0 Å². The first-order chi connectivity index (χ1) is 8.72. The van der Waals surface area contributed by atoms with Crippen molar-refractivity contribution < 1.29 is 0 Å². The van der Waals surface area contributed by atoms with E-state index in [1.54, 1.807) is 0 Å². The summed E-state index contributed by atoms with van der Waals surface area (Å²) >= 11 is 7.11. The van der Waals surface area contributed by atoms with Crippen LogP contribution in [0.3, 0.4) is 0 Å². The summed E-state index contributed by atoms with van der Waals surface area (Å²) in [6, 6.07) is 6.96. The molecule has 0 saturated carbocycles. The van der Waals surface area contributed by atoms with Crippen LogP contribution in [0.4, 0.5) is 0 Å². The van der Waals surface area contributed by atoms with Crippen molar-refractivity contribution in [3.8, 4) is 0 Å². The zero-order chi connectivity index (χ0) is 13.0. The maximum atomic E-state index is 3.90. The fourth-order valence-electron chi connectivity index (χ4n) is 2.37. The quantitative estimate of drug-likeness (QED) is 0.681. The van der Waals surface area contributed by atoms with Gasteiger partial charge in [0.05, 0.1) is 0 Å². The Labute approximate surface area is 150 Å². The third-order valence-corrected chi connectivity index (χ3v) is 5.19. The minimum absolute atomic E-state index is 0. The van der Waals surface area contributed by atoms with Crippen molar-refractivity contribution in [2.75, 3.05) is 26.2 Å². The minimum atomic E-state index is 0. The number of nitrogens with zero attached hydrogens (tertiary/aromatic N) is 1.